The molecule has 0 radical (unpaired) electrons. The van der Waals surface area contributed by atoms with E-state index in [-0.39, 0.29) is 10.7 Å². The van der Waals surface area contributed by atoms with Crippen LogP contribution < -0.4 is 0 Å². The van der Waals surface area contributed by atoms with Crippen LogP contribution in [0.15, 0.2) is 59.6 Å². The highest BCUT2D eigenvalue weighted by Gasteiger charge is 2.28. The molecule has 0 amide bonds. The second kappa shape index (κ2) is 7.87. The molecule has 1 aromatic heterocycles. The van der Waals surface area contributed by atoms with Gasteiger partial charge in [-0.2, -0.15) is 9.57 Å². The molecule has 3 aromatic rings. The van der Waals surface area contributed by atoms with Crippen LogP contribution in [0.1, 0.15) is 11.1 Å². The van der Waals surface area contributed by atoms with Crippen LogP contribution in [0.4, 0.5) is 4.39 Å². The van der Waals surface area contributed by atoms with Gasteiger partial charge in [-0.3, -0.25) is 9.88 Å². The zero-order valence-electron chi connectivity index (χ0n) is 15.6. The number of pyridine rings is 1. The summed E-state index contributed by atoms with van der Waals surface area (Å²) >= 11 is 0. The Morgan fingerprint density at radius 3 is 2.48 bits per heavy atom. The third-order valence-corrected chi connectivity index (χ3v) is 7.01. The maximum Gasteiger partial charge on any atom is 0.243 e. The van der Waals surface area contributed by atoms with Crippen LogP contribution in [-0.2, 0) is 16.6 Å². The van der Waals surface area contributed by atoms with Crippen LogP contribution >= 0.6 is 0 Å². The minimum absolute atomic E-state index is 0.185. The molecule has 1 fully saturated rings. The van der Waals surface area contributed by atoms with E-state index in [0.29, 0.717) is 38.3 Å². The molecule has 2 aromatic carbocycles. The van der Waals surface area contributed by atoms with Crippen molar-refractivity contribution in [3.05, 3.63) is 71.7 Å². The van der Waals surface area contributed by atoms with Crippen molar-refractivity contribution in [2.75, 3.05) is 26.2 Å². The minimum Gasteiger partial charge on any atom is -0.296 e. The first-order chi connectivity index (χ1) is 14.0. The van der Waals surface area contributed by atoms with Crippen LogP contribution in [0.2, 0.25) is 0 Å². The molecule has 148 valence electrons. The van der Waals surface area contributed by atoms with Gasteiger partial charge < -0.3 is 0 Å². The predicted octanol–water partition coefficient (Wildman–Crippen LogP) is 2.75. The number of halogens is 1. The Bertz CT molecular complexity index is 1180. The summed E-state index contributed by atoms with van der Waals surface area (Å²) in [4.78, 5) is 6.66. The molecule has 0 atom stereocenters. The number of hydrogen-bond acceptors (Lipinski definition) is 5. The lowest BCUT2D eigenvalue weighted by Crippen LogP contribution is -2.48. The molecule has 1 aliphatic rings. The van der Waals surface area contributed by atoms with Crippen molar-refractivity contribution in [3.63, 3.8) is 0 Å². The Morgan fingerprint density at radius 2 is 1.79 bits per heavy atom. The molecule has 8 heteroatoms. The summed E-state index contributed by atoms with van der Waals surface area (Å²) in [5, 5.41) is 9.62. The molecule has 0 unspecified atom stereocenters. The van der Waals surface area contributed by atoms with E-state index in [1.54, 1.807) is 12.3 Å². The van der Waals surface area contributed by atoms with Crippen molar-refractivity contribution < 1.29 is 12.8 Å². The van der Waals surface area contributed by atoms with E-state index in [0.717, 1.165) is 16.5 Å². The van der Waals surface area contributed by atoms with Gasteiger partial charge in [-0.1, -0.05) is 6.07 Å². The minimum atomic E-state index is -3.60. The molecule has 1 aliphatic heterocycles. The molecule has 29 heavy (non-hydrogen) atoms. The number of hydrogen-bond donors (Lipinski definition) is 0. The van der Waals surface area contributed by atoms with Gasteiger partial charge in [-0.05, 0) is 48.0 Å². The number of nitrogens with zero attached hydrogens (tertiary/aromatic N) is 4. The van der Waals surface area contributed by atoms with Gasteiger partial charge in [0.15, 0.2) is 0 Å². The van der Waals surface area contributed by atoms with Crippen molar-refractivity contribution >= 4 is 20.9 Å². The number of fused-ring (bicyclic) bond motifs is 1. The van der Waals surface area contributed by atoms with E-state index in [1.165, 1.54) is 40.7 Å². The molecule has 0 aliphatic carbocycles. The molecular formula is C21H19FN4O2S. The molecule has 2 heterocycles. The van der Waals surface area contributed by atoms with E-state index >= 15 is 0 Å². The first-order valence-corrected chi connectivity index (χ1v) is 10.7. The van der Waals surface area contributed by atoms with Gasteiger partial charge in [0.05, 0.1) is 22.0 Å². The first-order valence-electron chi connectivity index (χ1n) is 9.23. The summed E-state index contributed by atoms with van der Waals surface area (Å²) in [5.41, 5.74) is 1.98. The Hall–Kier alpha value is -2.86. The number of nitriles is 1. The number of rotatable bonds is 4. The van der Waals surface area contributed by atoms with Gasteiger partial charge in [0.1, 0.15) is 5.82 Å². The average molecular weight is 410 g/mol. The number of piperazine rings is 1. The van der Waals surface area contributed by atoms with Crippen molar-refractivity contribution in [3.8, 4) is 6.07 Å². The molecular weight excluding hydrogens is 391 g/mol. The highest BCUT2D eigenvalue weighted by molar-refractivity contribution is 7.89. The maximum atomic E-state index is 14.0. The highest BCUT2D eigenvalue weighted by atomic mass is 32.2. The van der Waals surface area contributed by atoms with Gasteiger partial charge in [0.25, 0.3) is 0 Å². The Morgan fingerprint density at radius 1 is 1.07 bits per heavy atom. The lowest BCUT2D eigenvalue weighted by molar-refractivity contribution is 0.182. The van der Waals surface area contributed by atoms with Crippen molar-refractivity contribution in [2.45, 2.75) is 11.4 Å². The Kier molecular flexibility index (Phi) is 5.28. The summed E-state index contributed by atoms with van der Waals surface area (Å²) < 4.78 is 41.1. The summed E-state index contributed by atoms with van der Waals surface area (Å²) in [7, 11) is -3.60. The van der Waals surface area contributed by atoms with Gasteiger partial charge in [-0.15, -0.1) is 0 Å². The lowest BCUT2D eigenvalue weighted by Gasteiger charge is -2.34. The van der Waals surface area contributed by atoms with Gasteiger partial charge in [0.2, 0.25) is 10.0 Å². The van der Waals surface area contributed by atoms with Crippen molar-refractivity contribution in [2.24, 2.45) is 0 Å². The van der Waals surface area contributed by atoms with E-state index < -0.39 is 10.0 Å². The number of sulfonamides is 1. The van der Waals surface area contributed by atoms with Gasteiger partial charge >= 0.3 is 0 Å². The lowest BCUT2D eigenvalue weighted by atomic mass is 10.1. The van der Waals surface area contributed by atoms with Crippen molar-refractivity contribution in [1.82, 2.24) is 14.2 Å². The Balaban J connectivity index is 1.47. The van der Waals surface area contributed by atoms with E-state index in [4.69, 9.17) is 5.26 Å². The normalized spacial score (nSPS) is 16.0. The third kappa shape index (κ3) is 3.98. The highest BCUT2D eigenvalue weighted by Crippen LogP contribution is 2.22. The molecule has 0 bridgehead atoms. The number of aromatic nitrogens is 1. The SMILES string of the molecule is N#Cc1ccc(S(=O)(=O)N2CCN(Cc3cc(F)cc4cccnc34)CC2)cc1. The van der Waals surface area contributed by atoms with Gasteiger partial charge in [0, 0.05) is 44.3 Å². The summed E-state index contributed by atoms with van der Waals surface area (Å²) in [6.45, 7) is 2.29. The first kappa shape index (κ1) is 19.5. The van der Waals surface area contributed by atoms with Crippen LogP contribution in [0.5, 0.6) is 0 Å². The van der Waals surface area contributed by atoms with Crippen LogP contribution in [0.3, 0.4) is 0 Å². The predicted molar refractivity (Wildman–Crippen MR) is 107 cm³/mol. The van der Waals surface area contributed by atoms with Crippen LogP contribution in [0.25, 0.3) is 10.9 Å². The smallest absolute Gasteiger partial charge is 0.243 e. The number of benzene rings is 2. The monoisotopic (exact) mass is 410 g/mol. The second-order valence-electron chi connectivity index (χ2n) is 6.96. The van der Waals surface area contributed by atoms with E-state index in [1.807, 2.05) is 12.1 Å². The quantitative estimate of drug-likeness (QED) is 0.661. The third-order valence-electron chi connectivity index (χ3n) is 5.09. The second-order valence-corrected chi connectivity index (χ2v) is 8.89. The molecule has 0 N–H and O–H groups in total. The molecule has 0 spiro atoms. The zero-order chi connectivity index (χ0) is 20.4. The summed E-state index contributed by atoms with van der Waals surface area (Å²) in [5.74, 6) is -0.303. The van der Waals surface area contributed by atoms with Gasteiger partial charge in [-0.25, -0.2) is 12.8 Å². The van der Waals surface area contributed by atoms with Crippen LogP contribution in [0, 0.1) is 17.1 Å². The fourth-order valence-corrected chi connectivity index (χ4v) is 4.99. The summed E-state index contributed by atoms with van der Waals surface area (Å²) in [6, 6.07) is 14.5. The zero-order valence-corrected chi connectivity index (χ0v) is 16.4. The van der Waals surface area contributed by atoms with E-state index in [9.17, 15) is 12.8 Å². The average Bonchev–Trinajstić information content (AvgIpc) is 2.74. The van der Waals surface area contributed by atoms with Crippen molar-refractivity contribution in [1.29, 1.82) is 5.26 Å². The fraction of sp³-hybridized carbons (Fsp3) is 0.238. The van der Waals surface area contributed by atoms with Crippen LogP contribution in [-0.4, -0.2) is 48.8 Å². The molecule has 6 nitrogen and oxygen atoms in total. The maximum absolute atomic E-state index is 14.0. The molecule has 1 saturated heterocycles. The topological polar surface area (TPSA) is 77.3 Å². The van der Waals surface area contributed by atoms with E-state index in [2.05, 4.69) is 9.88 Å². The largest absolute Gasteiger partial charge is 0.296 e. The standard InChI is InChI=1S/C21H19FN4O2S/c22-19-12-17-2-1-7-24-21(17)18(13-19)15-25-8-10-26(11-9-25)29(27,28)20-5-3-16(14-23)4-6-20/h1-7,12-13H,8-11,15H2. The summed E-state index contributed by atoms with van der Waals surface area (Å²) in [6.07, 6.45) is 1.69. The molecule has 4 rings (SSSR count). The molecule has 0 saturated carbocycles. The fourth-order valence-electron chi connectivity index (χ4n) is 3.57. The Labute approximate surface area is 168 Å².